The molecule has 7 aromatic rings. The van der Waals surface area contributed by atoms with Crippen molar-refractivity contribution in [1.29, 1.82) is 0 Å². The number of anilines is 6. The number of benzene rings is 6. The minimum absolute atomic E-state index is 0.0649. The quantitative estimate of drug-likeness (QED) is 0.160. The van der Waals surface area contributed by atoms with Crippen molar-refractivity contribution in [3.05, 3.63) is 136 Å². The summed E-state index contributed by atoms with van der Waals surface area (Å²) in [5.41, 5.74) is 23.2. The van der Waals surface area contributed by atoms with E-state index in [9.17, 15) is 0 Å². The van der Waals surface area contributed by atoms with Crippen LogP contribution in [0.5, 0.6) is 0 Å². The van der Waals surface area contributed by atoms with E-state index in [-0.39, 0.29) is 39.2 Å². The second-order valence-electron chi connectivity index (χ2n) is 25.0. The summed E-state index contributed by atoms with van der Waals surface area (Å²) in [5, 5.41) is 2.70. The van der Waals surface area contributed by atoms with E-state index in [0.717, 1.165) is 0 Å². The van der Waals surface area contributed by atoms with Gasteiger partial charge in [-0.25, -0.2) is 0 Å². The fourth-order valence-corrected chi connectivity index (χ4v) is 14.6. The lowest BCUT2D eigenvalue weighted by molar-refractivity contribution is 0.332. The van der Waals surface area contributed by atoms with Gasteiger partial charge in [0.2, 0.25) is 0 Å². The molecule has 0 fully saturated rings. The van der Waals surface area contributed by atoms with Crippen LogP contribution in [0.25, 0.3) is 20.2 Å². The van der Waals surface area contributed by atoms with Gasteiger partial charge < -0.3 is 9.80 Å². The molecule has 1 aromatic heterocycles. The fraction of sp³-hybridized carbons (Fsp3) is 0.410. The number of hydrogen-bond acceptors (Lipinski definition) is 3. The second kappa shape index (κ2) is 13.2. The summed E-state index contributed by atoms with van der Waals surface area (Å²) in [6.07, 6.45) is 7.16. The van der Waals surface area contributed by atoms with Crippen LogP contribution in [0.3, 0.4) is 0 Å². The third-order valence-corrected chi connectivity index (χ3v) is 19.0. The van der Waals surface area contributed by atoms with E-state index in [1.165, 1.54) is 148 Å². The summed E-state index contributed by atoms with van der Waals surface area (Å²) < 4.78 is 2.69. The number of hydrogen-bond donors (Lipinski definition) is 0. The lowest BCUT2D eigenvalue weighted by Gasteiger charge is -2.49. The van der Waals surface area contributed by atoms with Crippen molar-refractivity contribution in [2.75, 3.05) is 9.80 Å². The van der Waals surface area contributed by atoms with Crippen molar-refractivity contribution in [1.82, 2.24) is 0 Å². The molecule has 4 heteroatoms. The van der Waals surface area contributed by atoms with Crippen LogP contribution >= 0.6 is 11.3 Å². The molecule has 6 aromatic carbocycles. The van der Waals surface area contributed by atoms with Crippen molar-refractivity contribution in [3.8, 4) is 0 Å². The topological polar surface area (TPSA) is 6.48 Å². The number of nitrogens with zero attached hydrogens (tertiary/aromatic N) is 2. The van der Waals surface area contributed by atoms with E-state index >= 15 is 0 Å². The number of thiophene rings is 1. The van der Waals surface area contributed by atoms with Crippen LogP contribution in [0, 0.1) is 6.92 Å². The molecular weight excluding hydrogens is 804 g/mol. The van der Waals surface area contributed by atoms with Gasteiger partial charge in [0, 0.05) is 48.6 Å². The molecule has 0 saturated carbocycles. The molecule has 65 heavy (non-hydrogen) atoms. The monoisotopic (exact) mass is 871 g/mol. The van der Waals surface area contributed by atoms with Crippen LogP contribution in [0.1, 0.15) is 161 Å². The number of aryl methyl sites for hydroxylation is 1. The molecular formula is C61H67BN2S. The summed E-state index contributed by atoms with van der Waals surface area (Å²) in [7, 11) is 0. The Kier molecular flexibility index (Phi) is 8.46. The highest BCUT2D eigenvalue weighted by atomic mass is 32.1. The predicted octanol–water partition coefficient (Wildman–Crippen LogP) is 15.5. The molecule has 0 amide bonds. The average molecular weight is 871 g/mol. The van der Waals surface area contributed by atoms with Crippen molar-refractivity contribution in [2.24, 2.45) is 0 Å². The van der Waals surface area contributed by atoms with E-state index in [2.05, 4.69) is 197 Å². The summed E-state index contributed by atoms with van der Waals surface area (Å²) in [5.74, 6) is 0. The normalized spacial score (nSPS) is 21.0. The largest absolute Gasteiger partial charge is 0.311 e. The third-order valence-electron chi connectivity index (χ3n) is 17.9. The Balaban J connectivity index is 1.24. The van der Waals surface area contributed by atoms with Gasteiger partial charge in [0.05, 0.1) is 5.69 Å². The first-order valence-corrected chi connectivity index (χ1v) is 25.6. The molecule has 0 radical (unpaired) electrons. The maximum Gasteiger partial charge on any atom is 0.252 e. The lowest BCUT2D eigenvalue weighted by Crippen LogP contribution is -2.62. The zero-order chi connectivity index (χ0) is 45.5. The zero-order valence-electron chi connectivity index (χ0n) is 41.4. The Bertz CT molecular complexity index is 3210. The summed E-state index contributed by atoms with van der Waals surface area (Å²) in [6.45, 7) is 32.3. The molecule has 3 heterocycles. The van der Waals surface area contributed by atoms with E-state index in [1.54, 1.807) is 0 Å². The molecule has 0 atom stereocenters. The maximum atomic E-state index is 2.73. The Morgan fingerprint density at radius 1 is 0.415 bits per heavy atom. The smallest absolute Gasteiger partial charge is 0.252 e. The fourth-order valence-electron chi connectivity index (χ4n) is 13.4. The first kappa shape index (κ1) is 41.6. The van der Waals surface area contributed by atoms with Gasteiger partial charge in [0.25, 0.3) is 6.71 Å². The molecule has 2 aliphatic heterocycles. The second-order valence-corrected chi connectivity index (χ2v) is 26.1. The van der Waals surface area contributed by atoms with Gasteiger partial charge in [-0.3, -0.25) is 0 Å². The molecule has 330 valence electrons. The molecule has 12 rings (SSSR count). The van der Waals surface area contributed by atoms with Crippen LogP contribution in [0.15, 0.2) is 97.1 Å². The van der Waals surface area contributed by atoms with Gasteiger partial charge >= 0.3 is 0 Å². The summed E-state index contributed by atoms with van der Waals surface area (Å²) >= 11 is 1.92. The lowest BCUT2D eigenvalue weighted by atomic mass is 9.32. The first-order chi connectivity index (χ1) is 30.6. The third kappa shape index (κ3) is 5.84. The number of fused-ring (bicyclic) bond motifs is 10. The minimum atomic E-state index is 0.0649. The SMILES string of the molecule is Cc1cc2c3c(c1)N(c1cccc4sc5ccccc5c14)c1cc4c(cc1B3c1cc3c(cc1N2c1ccc2c(c1)C(C)(C)CCC2(C)C)C(C)(C)CCC3(C)C)C(C)(C)CCC4(C)C. The van der Waals surface area contributed by atoms with Crippen molar-refractivity contribution >= 4 is 88.7 Å². The van der Waals surface area contributed by atoms with Gasteiger partial charge in [-0.15, -0.1) is 11.3 Å². The Hall–Kier alpha value is -4.80. The average Bonchev–Trinajstić information content (AvgIpc) is 3.64. The van der Waals surface area contributed by atoms with Gasteiger partial charge in [0.1, 0.15) is 0 Å². The van der Waals surface area contributed by atoms with E-state index in [1.807, 2.05) is 11.3 Å². The first-order valence-electron chi connectivity index (χ1n) is 24.8. The van der Waals surface area contributed by atoms with E-state index < -0.39 is 0 Å². The number of rotatable bonds is 2. The van der Waals surface area contributed by atoms with Gasteiger partial charge in [0.15, 0.2) is 0 Å². The van der Waals surface area contributed by atoms with Crippen LogP contribution in [-0.2, 0) is 32.5 Å². The standard InChI is InChI=1S/C61H67BN2S/c1-36-29-50-55-51(30-36)64(47-18-16-20-53-54(47)38-17-14-15-19-52(38)65-53)49-35-44-42(59(8,9)26-28-61(44,12)13)33-46(49)62(55)45-32-41-43(60(10,11)27-25-58(41,6)7)34-48(45)63(50)37-21-22-39-40(31-37)57(4,5)24-23-56(39,2)3/h14-22,29-35H,23-28H2,1-13H3. The molecule has 0 saturated heterocycles. The van der Waals surface area contributed by atoms with Crippen molar-refractivity contribution < 1.29 is 0 Å². The van der Waals surface area contributed by atoms with Crippen molar-refractivity contribution in [2.45, 2.75) is 161 Å². The highest BCUT2D eigenvalue weighted by Crippen LogP contribution is 2.55. The Morgan fingerprint density at radius 3 is 1.45 bits per heavy atom. The summed E-state index contributed by atoms with van der Waals surface area (Å²) in [6, 6.07) is 39.6. The Morgan fingerprint density at radius 2 is 0.877 bits per heavy atom. The predicted molar refractivity (Wildman–Crippen MR) is 284 cm³/mol. The van der Waals surface area contributed by atoms with Crippen LogP contribution < -0.4 is 26.2 Å². The molecule has 0 N–H and O–H groups in total. The highest BCUT2D eigenvalue weighted by molar-refractivity contribution is 7.26. The van der Waals surface area contributed by atoms with Crippen LogP contribution in [0.2, 0.25) is 0 Å². The van der Waals surface area contributed by atoms with E-state index in [4.69, 9.17) is 0 Å². The van der Waals surface area contributed by atoms with Crippen LogP contribution in [0.4, 0.5) is 34.1 Å². The van der Waals surface area contributed by atoms with Gasteiger partial charge in [-0.1, -0.05) is 126 Å². The molecule has 5 aliphatic rings. The molecule has 3 aliphatic carbocycles. The maximum absolute atomic E-state index is 2.73. The van der Waals surface area contributed by atoms with Gasteiger partial charge in [-0.05, 0) is 188 Å². The summed E-state index contributed by atoms with van der Waals surface area (Å²) in [4.78, 5) is 5.45. The Labute approximate surface area is 393 Å². The molecule has 0 unspecified atom stereocenters. The van der Waals surface area contributed by atoms with E-state index in [0.29, 0.717) is 0 Å². The zero-order valence-corrected chi connectivity index (χ0v) is 42.2. The van der Waals surface area contributed by atoms with Crippen molar-refractivity contribution in [3.63, 3.8) is 0 Å². The van der Waals surface area contributed by atoms with Crippen LogP contribution in [-0.4, -0.2) is 6.71 Å². The minimum Gasteiger partial charge on any atom is -0.311 e. The van der Waals surface area contributed by atoms with Gasteiger partial charge in [-0.2, -0.15) is 0 Å². The molecule has 0 bridgehead atoms. The molecule has 2 nitrogen and oxygen atoms in total. The molecule has 0 spiro atoms. The highest BCUT2D eigenvalue weighted by Gasteiger charge is 2.49.